The average Bonchev–Trinajstić information content (AvgIpc) is 2.95. The van der Waals surface area contributed by atoms with Crippen molar-refractivity contribution in [2.45, 2.75) is 25.4 Å². The molecule has 0 atom stereocenters. The van der Waals surface area contributed by atoms with E-state index in [1.807, 2.05) is 18.2 Å². The topological polar surface area (TPSA) is 40.7 Å². The summed E-state index contributed by atoms with van der Waals surface area (Å²) in [4.78, 5) is 7.72. The molecule has 1 aliphatic rings. The molecule has 1 heterocycles. The van der Waals surface area contributed by atoms with E-state index in [0.29, 0.717) is 11.1 Å². The highest BCUT2D eigenvalue weighted by molar-refractivity contribution is 6.34. The summed E-state index contributed by atoms with van der Waals surface area (Å²) >= 11 is 6.04. The minimum absolute atomic E-state index is 0.702. The van der Waals surface area contributed by atoms with Crippen molar-refractivity contribution in [2.75, 3.05) is 0 Å². The molecule has 0 saturated heterocycles. The van der Waals surface area contributed by atoms with Gasteiger partial charge in [0.1, 0.15) is 11.3 Å². The molecule has 0 amide bonds. The first-order valence-corrected chi connectivity index (χ1v) is 5.57. The van der Waals surface area contributed by atoms with Crippen molar-refractivity contribution in [3.63, 3.8) is 0 Å². The quantitative estimate of drug-likeness (QED) is 0.836. The second-order valence-electron chi connectivity index (χ2n) is 3.97. The second-order valence-corrected chi connectivity index (χ2v) is 4.38. The first-order chi connectivity index (χ1) is 7.33. The molecule has 0 unspecified atom stereocenters. The number of hydrogen-bond acceptors (Lipinski definition) is 2. The standard InChI is InChI=1S/C11H12ClN3/c12-8-2-1-3-9-11(8)15-10(14-9)6-13-7-4-5-7/h1-3,7,13H,4-6H2,(H,14,15). The van der Waals surface area contributed by atoms with Gasteiger partial charge in [0.25, 0.3) is 0 Å². The molecule has 1 fully saturated rings. The number of nitrogens with zero attached hydrogens (tertiary/aromatic N) is 1. The fraction of sp³-hybridized carbons (Fsp3) is 0.364. The number of halogens is 1. The molecule has 3 nitrogen and oxygen atoms in total. The molecule has 1 aliphatic carbocycles. The molecule has 4 heteroatoms. The first-order valence-electron chi connectivity index (χ1n) is 5.19. The maximum atomic E-state index is 6.04. The van der Waals surface area contributed by atoms with Crippen LogP contribution in [0.1, 0.15) is 18.7 Å². The van der Waals surface area contributed by atoms with Gasteiger partial charge in [-0.3, -0.25) is 0 Å². The monoisotopic (exact) mass is 221 g/mol. The van der Waals surface area contributed by atoms with E-state index in [1.54, 1.807) is 0 Å². The molecule has 3 rings (SSSR count). The Balaban J connectivity index is 1.88. The highest BCUT2D eigenvalue weighted by atomic mass is 35.5. The molecule has 0 spiro atoms. The lowest BCUT2D eigenvalue weighted by atomic mass is 10.3. The third-order valence-electron chi connectivity index (χ3n) is 2.65. The van der Waals surface area contributed by atoms with Crippen molar-refractivity contribution >= 4 is 22.6 Å². The Kier molecular flexibility index (Phi) is 2.15. The first kappa shape index (κ1) is 9.19. The van der Waals surface area contributed by atoms with Crippen molar-refractivity contribution in [1.82, 2.24) is 15.3 Å². The van der Waals surface area contributed by atoms with Crippen LogP contribution < -0.4 is 5.32 Å². The number of H-pyrrole nitrogens is 1. The lowest BCUT2D eigenvalue weighted by molar-refractivity contribution is 0.665. The lowest BCUT2D eigenvalue weighted by Gasteiger charge is -1.96. The van der Waals surface area contributed by atoms with Crippen LogP contribution in [0.3, 0.4) is 0 Å². The van der Waals surface area contributed by atoms with E-state index in [9.17, 15) is 0 Å². The molecule has 0 bridgehead atoms. The molecule has 1 saturated carbocycles. The number of para-hydroxylation sites is 1. The van der Waals surface area contributed by atoms with Gasteiger partial charge in [-0.1, -0.05) is 17.7 Å². The van der Waals surface area contributed by atoms with Crippen LogP contribution in [-0.2, 0) is 6.54 Å². The Morgan fingerprint density at radius 1 is 1.47 bits per heavy atom. The predicted octanol–water partition coefficient (Wildman–Crippen LogP) is 2.47. The number of rotatable bonds is 3. The van der Waals surface area contributed by atoms with E-state index in [4.69, 9.17) is 11.6 Å². The average molecular weight is 222 g/mol. The highest BCUT2D eigenvalue weighted by Crippen LogP contribution is 2.22. The number of hydrogen-bond donors (Lipinski definition) is 2. The van der Waals surface area contributed by atoms with Gasteiger partial charge >= 0.3 is 0 Å². The number of benzene rings is 1. The van der Waals surface area contributed by atoms with Gasteiger partial charge in [-0.05, 0) is 25.0 Å². The molecule has 78 valence electrons. The molecule has 0 aliphatic heterocycles. The number of nitrogens with one attached hydrogen (secondary N) is 2. The van der Waals surface area contributed by atoms with Crippen molar-refractivity contribution < 1.29 is 0 Å². The largest absolute Gasteiger partial charge is 0.341 e. The number of fused-ring (bicyclic) bond motifs is 1. The number of aromatic nitrogens is 2. The predicted molar refractivity (Wildman–Crippen MR) is 61.0 cm³/mol. The van der Waals surface area contributed by atoms with Gasteiger partial charge in [0.2, 0.25) is 0 Å². The number of aromatic amines is 1. The second kappa shape index (κ2) is 3.51. The summed E-state index contributed by atoms with van der Waals surface area (Å²) in [7, 11) is 0. The zero-order valence-electron chi connectivity index (χ0n) is 8.26. The van der Waals surface area contributed by atoms with Crippen LogP contribution in [-0.4, -0.2) is 16.0 Å². The van der Waals surface area contributed by atoms with E-state index < -0.39 is 0 Å². The minimum atomic E-state index is 0.702. The number of imidazole rings is 1. The maximum Gasteiger partial charge on any atom is 0.121 e. The van der Waals surface area contributed by atoms with E-state index in [2.05, 4.69) is 15.3 Å². The van der Waals surface area contributed by atoms with Crippen LogP contribution in [0.5, 0.6) is 0 Å². The summed E-state index contributed by atoms with van der Waals surface area (Å²) in [5.41, 5.74) is 1.88. The smallest absolute Gasteiger partial charge is 0.121 e. The van der Waals surface area contributed by atoms with Crippen molar-refractivity contribution in [3.8, 4) is 0 Å². The van der Waals surface area contributed by atoms with Gasteiger partial charge in [-0.15, -0.1) is 0 Å². The van der Waals surface area contributed by atoms with Crippen LogP contribution in [0.4, 0.5) is 0 Å². The Labute approximate surface area is 92.8 Å². The van der Waals surface area contributed by atoms with E-state index in [0.717, 1.165) is 23.4 Å². The third-order valence-corrected chi connectivity index (χ3v) is 2.95. The molecular formula is C11H12ClN3. The molecule has 2 N–H and O–H groups in total. The summed E-state index contributed by atoms with van der Waals surface area (Å²) in [5, 5.41) is 4.13. The zero-order chi connectivity index (χ0) is 10.3. The van der Waals surface area contributed by atoms with Gasteiger partial charge in [0, 0.05) is 6.04 Å². The fourth-order valence-corrected chi connectivity index (χ4v) is 1.88. The lowest BCUT2D eigenvalue weighted by Crippen LogP contribution is -2.16. The Hall–Kier alpha value is -1.06. The van der Waals surface area contributed by atoms with Gasteiger partial charge in [-0.2, -0.15) is 0 Å². The van der Waals surface area contributed by atoms with Crippen LogP contribution in [0.25, 0.3) is 11.0 Å². The van der Waals surface area contributed by atoms with Crippen molar-refractivity contribution in [2.24, 2.45) is 0 Å². The van der Waals surface area contributed by atoms with Gasteiger partial charge in [0.15, 0.2) is 0 Å². The van der Waals surface area contributed by atoms with E-state index >= 15 is 0 Å². The molecule has 15 heavy (non-hydrogen) atoms. The zero-order valence-corrected chi connectivity index (χ0v) is 9.01. The normalized spacial score (nSPS) is 16.1. The molecule has 1 aromatic heterocycles. The van der Waals surface area contributed by atoms with Crippen molar-refractivity contribution in [1.29, 1.82) is 0 Å². The van der Waals surface area contributed by atoms with Crippen LogP contribution in [0, 0.1) is 0 Å². The van der Waals surface area contributed by atoms with E-state index in [-0.39, 0.29) is 0 Å². The third kappa shape index (κ3) is 1.85. The summed E-state index contributed by atoms with van der Waals surface area (Å²) in [5.74, 6) is 0.963. The SMILES string of the molecule is Clc1cccc2[nH]c(CNC3CC3)nc12. The summed E-state index contributed by atoms with van der Waals surface area (Å²) in [6.45, 7) is 0.801. The minimum Gasteiger partial charge on any atom is -0.341 e. The highest BCUT2D eigenvalue weighted by Gasteiger charge is 2.20. The Bertz CT molecular complexity index is 488. The fourth-order valence-electron chi connectivity index (χ4n) is 1.66. The molecule has 1 aromatic carbocycles. The summed E-state index contributed by atoms with van der Waals surface area (Å²) in [6.07, 6.45) is 2.59. The van der Waals surface area contributed by atoms with Crippen LogP contribution in [0.2, 0.25) is 5.02 Å². The Morgan fingerprint density at radius 2 is 2.33 bits per heavy atom. The molecule has 2 aromatic rings. The molecular weight excluding hydrogens is 210 g/mol. The molecule has 0 radical (unpaired) electrons. The van der Waals surface area contributed by atoms with Crippen molar-refractivity contribution in [3.05, 3.63) is 29.0 Å². The van der Waals surface area contributed by atoms with Gasteiger partial charge in [-0.25, -0.2) is 4.98 Å². The van der Waals surface area contributed by atoms with Crippen LogP contribution >= 0.6 is 11.6 Å². The Morgan fingerprint density at radius 3 is 3.07 bits per heavy atom. The van der Waals surface area contributed by atoms with E-state index in [1.165, 1.54) is 12.8 Å². The summed E-state index contributed by atoms with van der Waals surface area (Å²) < 4.78 is 0. The van der Waals surface area contributed by atoms with Crippen LogP contribution in [0.15, 0.2) is 18.2 Å². The van der Waals surface area contributed by atoms with Gasteiger partial charge in [0.05, 0.1) is 17.1 Å². The maximum absolute atomic E-state index is 6.04. The van der Waals surface area contributed by atoms with Gasteiger partial charge < -0.3 is 10.3 Å². The summed E-state index contributed by atoms with van der Waals surface area (Å²) in [6, 6.07) is 6.49.